The summed E-state index contributed by atoms with van der Waals surface area (Å²) < 4.78 is 5.70. The van der Waals surface area contributed by atoms with Gasteiger partial charge < -0.3 is 10.1 Å². The first-order chi connectivity index (χ1) is 9.50. The fourth-order valence-electron chi connectivity index (χ4n) is 3.27. The minimum Gasteiger partial charge on any atom is -0.494 e. The Kier molecular flexibility index (Phi) is 4.95. The molecule has 1 aromatic rings. The van der Waals surface area contributed by atoms with E-state index in [1.165, 1.54) is 24.9 Å². The van der Waals surface area contributed by atoms with E-state index in [2.05, 4.69) is 51.2 Å². The smallest absolute Gasteiger partial charge is 0.121 e. The van der Waals surface area contributed by atoms with E-state index < -0.39 is 0 Å². The molecule has 0 bridgehead atoms. The lowest BCUT2D eigenvalue weighted by Gasteiger charge is -2.40. The molecule has 1 aliphatic carbocycles. The van der Waals surface area contributed by atoms with Crippen LogP contribution in [0.2, 0.25) is 0 Å². The molecular formula is C18H29NO. The van der Waals surface area contributed by atoms with Crippen molar-refractivity contribution in [3.05, 3.63) is 24.3 Å². The van der Waals surface area contributed by atoms with Crippen LogP contribution in [0.15, 0.2) is 24.3 Å². The Bertz CT molecular complexity index is 427. The lowest BCUT2D eigenvalue weighted by Crippen LogP contribution is -2.36. The molecule has 0 amide bonds. The van der Waals surface area contributed by atoms with Crippen molar-refractivity contribution in [3.8, 4) is 5.75 Å². The molecular weight excluding hydrogens is 246 g/mol. The normalized spacial score (nSPS) is 25.2. The van der Waals surface area contributed by atoms with Gasteiger partial charge in [-0.3, -0.25) is 0 Å². The molecule has 1 saturated carbocycles. The molecule has 0 aliphatic heterocycles. The standard InChI is InChI=1S/C18H29NO/c1-5-11-20-16-8-6-7-15(12-16)19-17-9-10-18(3,4)13-14(17)2/h6-8,12,14,17,19H,5,9-11,13H2,1-4H3. The van der Waals surface area contributed by atoms with E-state index in [0.717, 1.165) is 24.7 Å². The molecule has 0 radical (unpaired) electrons. The Labute approximate surface area is 123 Å². The van der Waals surface area contributed by atoms with E-state index in [-0.39, 0.29) is 0 Å². The number of hydrogen-bond acceptors (Lipinski definition) is 2. The summed E-state index contributed by atoms with van der Waals surface area (Å²) in [4.78, 5) is 0. The predicted octanol–water partition coefficient (Wildman–Crippen LogP) is 5.10. The van der Waals surface area contributed by atoms with Crippen molar-refractivity contribution in [2.75, 3.05) is 11.9 Å². The summed E-state index contributed by atoms with van der Waals surface area (Å²) in [5.74, 6) is 1.69. The van der Waals surface area contributed by atoms with E-state index in [0.29, 0.717) is 11.5 Å². The van der Waals surface area contributed by atoms with Gasteiger partial charge in [0.05, 0.1) is 6.61 Å². The Morgan fingerprint density at radius 3 is 2.85 bits per heavy atom. The van der Waals surface area contributed by atoms with Crippen LogP contribution >= 0.6 is 0 Å². The molecule has 0 heterocycles. The average Bonchev–Trinajstić information content (AvgIpc) is 2.40. The summed E-state index contributed by atoms with van der Waals surface area (Å²) in [5.41, 5.74) is 1.69. The summed E-state index contributed by atoms with van der Waals surface area (Å²) >= 11 is 0. The second-order valence-corrected chi connectivity index (χ2v) is 7.01. The molecule has 2 nitrogen and oxygen atoms in total. The monoisotopic (exact) mass is 275 g/mol. The van der Waals surface area contributed by atoms with Crippen molar-refractivity contribution in [2.45, 2.75) is 59.4 Å². The SMILES string of the molecule is CCCOc1cccc(NC2CCC(C)(C)CC2C)c1. The Balaban J connectivity index is 1.96. The number of nitrogens with one attached hydrogen (secondary N) is 1. The molecule has 0 saturated heterocycles. The van der Waals surface area contributed by atoms with Gasteiger partial charge in [0.15, 0.2) is 0 Å². The number of ether oxygens (including phenoxy) is 1. The fourth-order valence-corrected chi connectivity index (χ4v) is 3.27. The van der Waals surface area contributed by atoms with Gasteiger partial charge in [0, 0.05) is 17.8 Å². The first-order valence-electron chi connectivity index (χ1n) is 7.99. The maximum atomic E-state index is 5.70. The van der Waals surface area contributed by atoms with Gasteiger partial charge in [-0.25, -0.2) is 0 Å². The molecule has 112 valence electrons. The summed E-state index contributed by atoms with van der Waals surface area (Å²) in [6.45, 7) is 10.1. The van der Waals surface area contributed by atoms with Crippen LogP contribution in [0, 0.1) is 11.3 Å². The van der Waals surface area contributed by atoms with Crippen molar-refractivity contribution >= 4 is 5.69 Å². The number of rotatable bonds is 5. The molecule has 1 fully saturated rings. The third-order valence-corrected chi connectivity index (χ3v) is 4.35. The molecule has 2 rings (SSSR count). The zero-order valence-corrected chi connectivity index (χ0v) is 13.4. The first kappa shape index (κ1) is 15.2. The van der Waals surface area contributed by atoms with E-state index in [9.17, 15) is 0 Å². The van der Waals surface area contributed by atoms with Crippen molar-refractivity contribution in [3.63, 3.8) is 0 Å². The number of benzene rings is 1. The lowest BCUT2D eigenvalue weighted by atomic mass is 9.70. The maximum Gasteiger partial charge on any atom is 0.121 e. The van der Waals surface area contributed by atoms with Crippen molar-refractivity contribution in [1.29, 1.82) is 0 Å². The van der Waals surface area contributed by atoms with E-state index in [4.69, 9.17) is 4.74 Å². The summed E-state index contributed by atoms with van der Waals surface area (Å²) in [7, 11) is 0. The molecule has 0 aromatic heterocycles. The van der Waals surface area contributed by atoms with Crippen LogP contribution in [0.4, 0.5) is 5.69 Å². The fraction of sp³-hybridized carbons (Fsp3) is 0.667. The highest BCUT2D eigenvalue weighted by atomic mass is 16.5. The third kappa shape index (κ3) is 4.16. The zero-order chi connectivity index (χ0) is 14.6. The van der Waals surface area contributed by atoms with Crippen LogP contribution < -0.4 is 10.1 Å². The van der Waals surface area contributed by atoms with Gasteiger partial charge in [0.1, 0.15) is 5.75 Å². The maximum absolute atomic E-state index is 5.70. The topological polar surface area (TPSA) is 21.3 Å². The minimum atomic E-state index is 0.504. The Morgan fingerprint density at radius 2 is 2.15 bits per heavy atom. The van der Waals surface area contributed by atoms with Crippen LogP contribution in [0.1, 0.15) is 53.4 Å². The molecule has 2 atom stereocenters. The minimum absolute atomic E-state index is 0.504. The molecule has 20 heavy (non-hydrogen) atoms. The number of anilines is 1. The average molecular weight is 275 g/mol. The molecule has 0 spiro atoms. The molecule has 2 heteroatoms. The van der Waals surface area contributed by atoms with Crippen LogP contribution in [0.3, 0.4) is 0 Å². The van der Waals surface area contributed by atoms with Gasteiger partial charge in [0.2, 0.25) is 0 Å². The second kappa shape index (κ2) is 6.51. The van der Waals surface area contributed by atoms with Crippen LogP contribution in [0.5, 0.6) is 5.75 Å². The van der Waals surface area contributed by atoms with Crippen molar-refractivity contribution in [2.24, 2.45) is 11.3 Å². The van der Waals surface area contributed by atoms with E-state index >= 15 is 0 Å². The van der Waals surface area contributed by atoms with Gasteiger partial charge in [-0.2, -0.15) is 0 Å². The van der Waals surface area contributed by atoms with E-state index in [1.807, 2.05) is 6.07 Å². The largest absolute Gasteiger partial charge is 0.494 e. The van der Waals surface area contributed by atoms with Gasteiger partial charge in [-0.05, 0) is 49.1 Å². The zero-order valence-electron chi connectivity index (χ0n) is 13.4. The van der Waals surface area contributed by atoms with Gasteiger partial charge in [0.25, 0.3) is 0 Å². The Hall–Kier alpha value is -1.18. The quantitative estimate of drug-likeness (QED) is 0.807. The van der Waals surface area contributed by atoms with Gasteiger partial charge in [-0.15, -0.1) is 0 Å². The predicted molar refractivity (Wildman–Crippen MR) is 86.4 cm³/mol. The first-order valence-corrected chi connectivity index (χ1v) is 7.99. The lowest BCUT2D eigenvalue weighted by molar-refractivity contribution is 0.177. The van der Waals surface area contributed by atoms with Gasteiger partial charge in [-0.1, -0.05) is 33.8 Å². The molecule has 1 aliphatic rings. The van der Waals surface area contributed by atoms with Crippen molar-refractivity contribution < 1.29 is 4.74 Å². The third-order valence-electron chi connectivity index (χ3n) is 4.35. The van der Waals surface area contributed by atoms with Gasteiger partial charge >= 0.3 is 0 Å². The van der Waals surface area contributed by atoms with Crippen LogP contribution in [0.25, 0.3) is 0 Å². The molecule has 1 N–H and O–H groups in total. The highest BCUT2D eigenvalue weighted by Gasteiger charge is 2.32. The summed E-state index contributed by atoms with van der Waals surface area (Å²) in [6, 6.07) is 8.97. The molecule has 2 unspecified atom stereocenters. The Morgan fingerprint density at radius 1 is 1.35 bits per heavy atom. The highest BCUT2D eigenvalue weighted by molar-refractivity contribution is 5.49. The molecule has 1 aromatic carbocycles. The van der Waals surface area contributed by atoms with E-state index in [1.54, 1.807) is 0 Å². The summed E-state index contributed by atoms with van der Waals surface area (Å²) in [6.07, 6.45) is 4.92. The highest BCUT2D eigenvalue weighted by Crippen LogP contribution is 2.39. The summed E-state index contributed by atoms with van der Waals surface area (Å²) in [5, 5.41) is 3.71. The van der Waals surface area contributed by atoms with Crippen molar-refractivity contribution in [1.82, 2.24) is 0 Å². The second-order valence-electron chi connectivity index (χ2n) is 7.01. The van der Waals surface area contributed by atoms with Crippen LogP contribution in [-0.2, 0) is 0 Å². The number of hydrogen-bond donors (Lipinski definition) is 1. The van der Waals surface area contributed by atoms with Crippen LogP contribution in [-0.4, -0.2) is 12.6 Å².